The van der Waals surface area contributed by atoms with E-state index in [2.05, 4.69) is 55.4 Å². The van der Waals surface area contributed by atoms with Crippen molar-refractivity contribution in [3.05, 3.63) is 114 Å². The summed E-state index contributed by atoms with van der Waals surface area (Å²) < 4.78 is 109. The van der Waals surface area contributed by atoms with Crippen LogP contribution in [0.2, 0.25) is 15.5 Å². The number of aromatic nitrogens is 5. The number of Topliss-reactive ketones (excluding diaryl/α,β-unsaturated/α-hetero) is 1. The first-order valence-electron chi connectivity index (χ1n) is 15.2. The molecule has 0 aliphatic heterocycles. The third-order valence-electron chi connectivity index (χ3n) is 7.37. The number of hydrazone groups is 1. The third kappa shape index (κ3) is 12.3. The molecule has 5 N–H and O–H groups in total. The largest absolute Gasteiger partial charge is 1.00 e. The average molecular weight is 965 g/mol. The van der Waals surface area contributed by atoms with E-state index in [0.29, 0.717) is 23.9 Å². The van der Waals surface area contributed by atoms with Crippen molar-refractivity contribution in [1.29, 1.82) is 0 Å². The van der Waals surface area contributed by atoms with E-state index in [-0.39, 0.29) is 132 Å². The molecule has 21 nitrogen and oxygen atoms in total. The molecule has 2 aromatic heterocycles. The van der Waals surface area contributed by atoms with Crippen molar-refractivity contribution in [1.82, 2.24) is 24.9 Å². The van der Waals surface area contributed by atoms with E-state index in [1.807, 2.05) is 0 Å². The molecule has 2 heterocycles. The van der Waals surface area contributed by atoms with Crippen LogP contribution in [0, 0.1) is 0 Å². The van der Waals surface area contributed by atoms with Crippen LogP contribution in [-0.2, 0) is 30.4 Å². The number of nitrogens with zero attached hydrogens (tertiary/aromatic N) is 6. The summed E-state index contributed by atoms with van der Waals surface area (Å²) in [5, 5.41) is 3.50. The van der Waals surface area contributed by atoms with Crippen molar-refractivity contribution in [3.8, 4) is 0 Å². The van der Waals surface area contributed by atoms with Crippen molar-refractivity contribution in [3.63, 3.8) is 0 Å². The molecule has 296 valence electrons. The number of ketones is 1. The van der Waals surface area contributed by atoms with E-state index in [1.54, 1.807) is 18.2 Å². The number of para-hydroxylation sites is 1. The predicted octanol–water partition coefficient (Wildman–Crippen LogP) is -7.05. The summed E-state index contributed by atoms with van der Waals surface area (Å²) in [6, 6.07) is 12.1. The topological polar surface area (TPSA) is 339 Å². The summed E-state index contributed by atoms with van der Waals surface area (Å²) in [7, 11) is -14.6. The number of carbonyl (C=O) groups excluding carboxylic acids is 1. The molecule has 0 bridgehead atoms. The molecule has 0 atom stereocenters. The zero-order valence-corrected chi connectivity index (χ0v) is 41.7. The molecular weight excluding hydrogens is 946 g/mol. The Morgan fingerprint density at radius 2 is 1.33 bits per heavy atom. The molecule has 1 aliphatic rings. The predicted molar refractivity (Wildman–Crippen MR) is 199 cm³/mol. The first kappa shape index (κ1) is 51.8. The monoisotopic (exact) mass is 963 g/mol. The van der Waals surface area contributed by atoms with Gasteiger partial charge >= 0.3 is 88.7 Å². The van der Waals surface area contributed by atoms with Crippen molar-refractivity contribution in [2.45, 2.75) is 9.79 Å². The molecule has 0 unspecified atom stereocenters. The molecule has 0 amide bonds. The minimum atomic E-state index is -5.57. The number of hydrogen-bond donors (Lipinski definition) is 5. The maximum atomic E-state index is 14.0. The number of H-pyrrole nitrogens is 4. The number of aromatic amines is 4. The minimum absolute atomic E-state index is 0. The van der Waals surface area contributed by atoms with E-state index in [4.69, 9.17) is 34.8 Å². The second kappa shape index (κ2) is 20.7. The number of allylic oxidation sites excluding steroid dienone is 1. The zero-order valence-electron chi connectivity index (χ0n) is 31.0. The van der Waals surface area contributed by atoms with Crippen LogP contribution in [0.3, 0.4) is 0 Å². The summed E-state index contributed by atoms with van der Waals surface area (Å²) in [5.41, 5.74) is -0.691. The number of hydrogen-bond acceptors (Lipinski definition) is 17. The van der Waals surface area contributed by atoms with Gasteiger partial charge < -0.3 is 18.6 Å². The number of rotatable bonds is 8. The minimum Gasteiger partial charge on any atom is -0.744 e. The van der Waals surface area contributed by atoms with Gasteiger partial charge in [-0.15, -0.1) is 0 Å². The van der Waals surface area contributed by atoms with Gasteiger partial charge in [0.2, 0.25) is 27.9 Å². The number of anilines is 1. The molecule has 1 aliphatic carbocycles. The van der Waals surface area contributed by atoms with Crippen LogP contribution in [0.5, 0.6) is 0 Å². The zero-order chi connectivity index (χ0) is 41.4. The molecule has 3 aromatic carbocycles. The summed E-state index contributed by atoms with van der Waals surface area (Å²) >= 11 is 18.1. The van der Waals surface area contributed by atoms with Crippen molar-refractivity contribution in [2.24, 2.45) is 25.1 Å². The number of nitrogens with one attached hydrogen (secondary N) is 5. The summed E-state index contributed by atoms with van der Waals surface area (Å²) in [4.78, 5) is 42.9. The van der Waals surface area contributed by atoms with Crippen LogP contribution in [-0.4, -0.2) is 82.4 Å². The Kier molecular flexibility index (Phi) is 17.9. The van der Waals surface area contributed by atoms with E-state index >= 15 is 0 Å². The van der Waals surface area contributed by atoms with Gasteiger partial charge in [-0.25, -0.2) is 45.2 Å². The van der Waals surface area contributed by atoms with E-state index in [0.717, 1.165) is 12.1 Å². The molecule has 6 rings (SSSR count). The van der Waals surface area contributed by atoms with Gasteiger partial charge in [0.25, 0.3) is 0 Å². The summed E-state index contributed by atoms with van der Waals surface area (Å²) in [5.74, 6) is -1.34. The van der Waals surface area contributed by atoms with Crippen LogP contribution < -0.4 is 116 Å². The number of halogens is 3. The Balaban J connectivity index is 0.00000320. The number of benzene rings is 3. The van der Waals surface area contributed by atoms with Gasteiger partial charge in [0, 0.05) is 7.05 Å². The van der Waals surface area contributed by atoms with Gasteiger partial charge in [0.1, 0.15) is 41.1 Å². The van der Waals surface area contributed by atoms with Crippen LogP contribution in [0.1, 0.15) is 15.9 Å². The van der Waals surface area contributed by atoms with E-state index in [9.17, 15) is 43.7 Å². The standard InChI is InChI=1S/C30H22Cl3N11O10S3.3Na/c1-34-28-40-29(36-15-6-4-5-14(11-15)35-26-22(31)25(32)38-27(33)39-26)42-30(41-28)37-18-12-16(55(46,47)48)9-13-10-20(57(52,53)54)23(24(45)21(13)18)44-43-17-7-2-3-8-19(17)56(49,50)51;;;/h2-12,43H,1H3,(H,35,38,39)(H,46,47,48)(H,49,50,51)(H,52,53,54)(H3,34,36,37,40,41,42);;;/q;3*+1/p-3/b44-23+;;;. The van der Waals surface area contributed by atoms with E-state index < -0.39 is 79.0 Å². The Morgan fingerprint density at radius 3 is 1.95 bits per heavy atom. The fraction of sp³-hybridized carbons (Fsp3) is 0.0333. The van der Waals surface area contributed by atoms with Gasteiger partial charge in [-0.1, -0.05) is 41.4 Å². The molecule has 60 heavy (non-hydrogen) atoms. The summed E-state index contributed by atoms with van der Waals surface area (Å²) in [6.45, 7) is 0. The molecule has 0 spiro atoms. The quantitative estimate of drug-likeness (QED) is 0.0319. The van der Waals surface area contributed by atoms with Crippen LogP contribution in [0.25, 0.3) is 6.08 Å². The second-order valence-corrected chi connectivity index (χ2v) is 16.3. The fourth-order valence-electron chi connectivity index (χ4n) is 5.00. The van der Waals surface area contributed by atoms with Gasteiger partial charge in [-0.05, 0) is 65.7 Å². The van der Waals surface area contributed by atoms with Crippen molar-refractivity contribution in [2.75, 3.05) is 12.5 Å². The van der Waals surface area contributed by atoms with Gasteiger partial charge in [0.05, 0.1) is 43.0 Å². The molecule has 0 radical (unpaired) electrons. The smallest absolute Gasteiger partial charge is 0.744 e. The second-order valence-electron chi connectivity index (χ2n) is 11.2. The molecule has 0 saturated heterocycles. The first-order chi connectivity index (χ1) is 26.7. The van der Waals surface area contributed by atoms with E-state index in [1.165, 1.54) is 25.2 Å². The Morgan fingerprint density at radius 1 is 0.717 bits per heavy atom. The van der Waals surface area contributed by atoms with Gasteiger partial charge in [-0.3, -0.25) is 30.2 Å². The van der Waals surface area contributed by atoms with Gasteiger partial charge in [-0.2, -0.15) is 5.10 Å². The molecule has 0 saturated carbocycles. The van der Waals surface area contributed by atoms with Crippen LogP contribution in [0.15, 0.2) is 100 Å². The molecule has 30 heteroatoms. The van der Waals surface area contributed by atoms with Crippen LogP contribution in [0.4, 0.5) is 22.7 Å². The third-order valence-corrected chi connectivity index (χ3v) is 10.8. The number of carbonyl (C=O) groups is 1. The first-order valence-corrected chi connectivity index (χ1v) is 20.5. The Bertz CT molecular complexity index is 3240. The molecule has 0 fully saturated rings. The number of fused-ring (bicyclic) bond motifs is 1. The van der Waals surface area contributed by atoms with Crippen molar-refractivity contribution >= 4 is 105 Å². The Labute approximate surface area is 419 Å². The Hall–Kier alpha value is -2.57. The summed E-state index contributed by atoms with van der Waals surface area (Å²) in [6.07, 6.45) is 0.583. The van der Waals surface area contributed by atoms with Gasteiger partial charge in [0.15, 0.2) is 10.6 Å². The molecule has 5 aromatic rings. The normalized spacial score (nSPS) is 14.8. The SMILES string of the molecule is CN=c1[nH]c(=Nc2cccc(N=c3[nH]c(Cl)nc(Cl)c3Cl)c2)[nH]c(=Nc2cc(S(=O)(=O)[O-])cc3c2C(=O)/C(=N/Nc2ccccc2S(=O)(=O)[O-])C(S(=O)(=O)[O-])=C3)[nH]1.[Na+].[Na+].[Na+]. The van der Waals surface area contributed by atoms with Crippen LogP contribution >= 0.6 is 34.8 Å². The maximum absolute atomic E-state index is 14.0. The molecular formula is C30H19Cl3N11Na3O10S3. The van der Waals surface area contributed by atoms with Crippen molar-refractivity contribution < 1.29 is 132 Å². The fourth-order valence-corrected chi connectivity index (χ4v) is 7.33. The average Bonchev–Trinajstić information content (AvgIpc) is 3.12. The maximum Gasteiger partial charge on any atom is 1.00 e.